The van der Waals surface area contributed by atoms with Gasteiger partial charge in [-0.3, -0.25) is 0 Å². The topological polar surface area (TPSA) is 0 Å². The molecule has 18 heavy (non-hydrogen) atoms. The zero-order chi connectivity index (χ0) is 12.7. The highest BCUT2D eigenvalue weighted by molar-refractivity contribution is 8.19. The lowest BCUT2D eigenvalue weighted by atomic mass is 9.97. The quantitative estimate of drug-likeness (QED) is 0.499. The number of hydrogen-bond donors (Lipinski definition) is 0. The molecule has 0 aromatic carbocycles. The molecule has 0 N–H and O–H groups in total. The largest absolute Gasteiger partial charge is 0.140 e. The second kappa shape index (κ2) is 7.89. The maximum atomic E-state index is 4.48. The molecule has 0 nitrogen and oxygen atoms in total. The summed E-state index contributed by atoms with van der Waals surface area (Å²) in [5.41, 5.74) is 1.55. The van der Waals surface area contributed by atoms with Gasteiger partial charge in [0.05, 0.1) is 4.08 Å². The van der Waals surface area contributed by atoms with Crippen LogP contribution in [0.2, 0.25) is 0 Å². The van der Waals surface area contributed by atoms with E-state index in [1.807, 2.05) is 0 Å². The molecular weight excluding hydrogens is 256 g/mol. The van der Waals surface area contributed by atoms with Crippen molar-refractivity contribution in [3.8, 4) is 0 Å². The maximum Gasteiger partial charge on any atom is 0.0817 e. The molecule has 1 heterocycles. The standard InChI is InChI=1S/C16H28S2/c1-15-11-8-6-4-2-3-5-7-9-12-16(15)17-13-10-14-18-16/h1-14H2. The van der Waals surface area contributed by atoms with Crippen LogP contribution in [0, 0.1) is 0 Å². The second-order valence-electron chi connectivity index (χ2n) is 5.74. The molecule has 0 bridgehead atoms. The Morgan fingerprint density at radius 2 is 1.28 bits per heavy atom. The molecule has 104 valence electrons. The zero-order valence-electron chi connectivity index (χ0n) is 11.7. The maximum absolute atomic E-state index is 4.48. The number of hydrogen-bond acceptors (Lipinski definition) is 2. The van der Waals surface area contributed by atoms with Gasteiger partial charge in [0, 0.05) is 0 Å². The monoisotopic (exact) mass is 284 g/mol. The van der Waals surface area contributed by atoms with Crippen LogP contribution in [0.15, 0.2) is 12.2 Å². The second-order valence-corrected chi connectivity index (χ2v) is 8.78. The Bertz CT molecular complexity index is 254. The third kappa shape index (κ3) is 4.23. The lowest BCUT2D eigenvalue weighted by Crippen LogP contribution is -2.27. The molecule has 1 saturated carbocycles. The van der Waals surface area contributed by atoms with E-state index < -0.39 is 0 Å². The Morgan fingerprint density at radius 1 is 0.722 bits per heavy atom. The summed E-state index contributed by atoms with van der Waals surface area (Å²) in [5.74, 6) is 2.71. The van der Waals surface area contributed by atoms with Crippen molar-refractivity contribution in [3.63, 3.8) is 0 Å². The van der Waals surface area contributed by atoms with Crippen LogP contribution in [0.4, 0.5) is 0 Å². The lowest BCUT2D eigenvalue weighted by molar-refractivity contribution is 0.536. The summed E-state index contributed by atoms with van der Waals surface area (Å²) >= 11 is 4.42. The van der Waals surface area contributed by atoms with Gasteiger partial charge in [0.1, 0.15) is 0 Å². The first-order chi connectivity index (χ1) is 8.83. The summed E-state index contributed by atoms with van der Waals surface area (Å²) in [6, 6.07) is 0. The summed E-state index contributed by atoms with van der Waals surface area (Å²) in [4.78, 5) is 0. The van der Waals surface area contributed by atoms with Crippen molar-refractivity contribution in [2.75, 3.05) is 11.5 Å². The van der Waals surface area contributed by atoms with Crippen LogP contribution in [-0.2, 0) is 0 Å². The van der Waals surface area contributed by atoms with E-state index in [1.54, 1.807) is 5.57 Å². The minimum Gasteiger partial charge on any atom is -0.140 e. The van der Waals surface area contributed by atoms with Gasteiger partial charge < -0.3 is 0 Å². The Kier molecular flexibility index (Phi) is 6.51. The van der Waals surface area contributed by atoms with E-state index in [0.717, 1.165) is 0 Å². The Balaban J connectivity index is 1.95. The fourth-order valence-electron chi connectivity index (χ4n) is 3.05. The lowest BCUT2D eigenvalue weighted by Gasteiger charge is -2.38. The summed E-state index contributed by atoms with van der Waals surface area (Å²) in [7, 11) is 0. The van der Waals surface area contributed by atoms with E-state index in [9.17, 15) is 0 Å². The van der Waals surface area contributed by atoms with Crippen LogP contribution < -0.4 is 0 Å². The molecule has 1 saturated heterocycles. The molecule has 2 rings (SSSR count). The minimum absolute atomic E-state index is 0.400. The Morgan fingerprint density at radius 3 is 1.94 bits per heavy atom. The number of thioether (sulfide) groups is 2. The third-order valence-corrected chi connectivity index (χ3v) is 7.84. The highest BCUT2D eigenvalue weighted by Crippen LogP contribution is 2.51. The number of rotatable bonds is 0. The molecule has 2 fully saturated rings. The van der Waals surface area contributed by atoms with Gasteiger partial charge in [-0.2, -0.15) is 0 Å². The first-order valence-electron chi connectivity index (χ1n) is 7.80. The molecule has 0 aromatic heterocycles. The van der Waals surface area contributed by atoms with Crippen LogP contribution in [0.3, 0.4) is 0 Å². The van der Waals surface area contributed by atoms with E-state index in [1.165, 1.54) is 82.1 Å². The molecule has 0 radical (unpaired) electrons. The summed E-state index contributed by atoms with van der Waals surface area (Å²) in [6.45, 7) is 4.48. The van der Waals surface area contributed by atoms with Crippen molar-refractivity contribution in [3.05, 3.63) is 12.2 Å². The van der Waals surface area contributed by atoms with Crippen molar-refractivity contribution >= 4 is 23.5 Å². The van der Waals surface area contributed by atoms with E-state index in [0.29, 0.717) is 4.08 Å². The summed E-state index contributed by atoms with van der Waals surface area (Å²) < 4.78 is 0.400. The van der Waals surface area contributed by atoms with Gasteiger partial charge in [0.2, 0.25) is 0 Å². The molecular formula is C16H28S2. The van der Waals surface area contributed by atoms with Crippen LogP contribution in [-0.4, -0.2) is 15.6 Å². The highest BCUT2D eigenvalue weighted by atomic mass is 32.2. The predicted molar refractivity (Wildman–Crippen MR) is 87.6 cm³/mol. The molecule has 2 aliphatic rings. The predicted octanol–water partition coefficient (Wildman–Crippen LogP) is 6.02. The first-order valence-corrected chi connectivity index (χ1v) is 9.77. The van der Waals surface area contributed by atoms with E-state index in [4.69, 9.17) is 0 Å². The van der Waals surface area contributed by atoms with Gasteiger partial charge in [-0.25, -0.2) is 0 Å². The van der Waals surface area contributed by atoms with Gasteiger partial charge in [-0.15, -0.1) is 23.5 Å². The fourth-order valence-corrected chi connectivity index (χ4v) is 6.49. The van der Waals surface area contributed by atoms with Gasteiger partial charge >= 0.3 is 0 Å². The van der Waals surface area contributed by atoms with Gasteiger partial charge in [0.15, 0.2) is 0 Å². The Hall–Kier alpha value is 0.440. The third-order valence-electron chi connectivity index (χ3n) is 4.23. The molecule has 2 heteroatoms. The van der Waals surface area contributed by atoms with Crippen LogP contribution in [0.1, 0.15) is 70.6 Å². The molecule has 0 aromatic rings. The van der Waals surface area contributed by atoms with E-state index in [-0.39, 0.29) is 0 Å². The van der Waals surface area contributed by atoms with Gasteiger partial charge in [-0.1, -0.05) is 57.1 Å². The van der Waals surface area contributed by atoms with E-state index in [2.05, 4.69) is 30.1 Å². The Labute approximate surface area is 122 Å². The summed E-state index contributed by atoms with van der Waals surface area (Å²) in [6.07, 6.45) is 15.5. The van der Waals surface area contributed by atoms with Gasteiger partial charge in [0.25, 0.3) is 0 Å². The average molecular weight is 285 g/mol. The molecule has 1 aliphatic carbocycles. The zero-order valence-corrected chi connectivity index (χ0v) is 13.3. The van der Waals surface area contributed by atoms with Crippen molar-refractivity contribution in [2.24, 2.45) is 0 Å². The molecule has 1 aliphatic heterocycles. The normalized spacial score (nSPS) is 27.4. The van der Waals surface area contributed by atoms with Crippen LogP contribution in [0.25, 0.3) is 0 Å². The van der Waals surface area contributed by atoms with Crippen molar-refractivity contribution in [2.45, 2.75) is 74.7 Å². The van der Waals surface area contributed by atoms with Gasteiger partial charge in [-0.05, 0) is 37.2 Å². The van der Waals surface area contributed by atoms with Crippen LogP contribution in [0.5, 0.6) is 0 Å². The molecule has 1 spiro atoms. The SMILES string of the molecule is C=C1CCCCCCCCCCC12SCCCS2. The van der Waals surface area contributed by atoms with Crippen molar-refractivity contribution in [1.29, 1.82) is 0 Å². The van der Waals surface area contributed by atoms with E-state index >= 15 is 0 Å². The van der Waals surface area contributed by atoms with Crippen molar-refractivity contribution in [1.82, 2.24) is 0 Å². The molecule has 0 atom stereocenters. The average Bonchev–Trinajstić information content (AvgIpc) is 2.40. The minimum atomic E-state index is 0.400. The van der Waals surface area contributed by atoms with Crippen LogP contribution >= 0.6 is 23.5 Å². The smallest absolute Gasteiger partial charge is 0.0817 e. The first kappa shape index (κ1) is 14.8. The molecule has 0 amide bonds. The summed E-state index contributed by atoms with van der Waals surface area (Å²) in [5, 5.41) is 0. The fraction of sp³-hybridized carbons (Fsp3) is 0.875. The molecule has 0 unspecified atom stereocenters. The highest BCUT2D eigenvalue weighted by Gasteiger charge is 2.35. The van der Waals surface area contributed by atoms with Crippen molar-refractivity contribution < 1.29 is 0 Å².